The molecule has 2 aliphatic heterocycles. The highest BCUT2D eigenvalue weighted by Gasteiger charge is 2.49. The van der Waals surface area contributed by atoms with Crippen LogP contribution in [0.25, 0.3) is 0 Å². The van der Waals surface area contributed by atoms with Crippen LogP contribution in [0.3, 0.4) is 0 Å². The van der Waals surface area contributed by atoms with Gasteiger partial charge in [0.2, 0.25) is 12.7 Å². The number of anilines is 1. The molecular formula is C23H28N4O6. The molecule has 0 aliphatic carbocycles. The summed E-state index contributed by atoms with van der Waals surface area (Å²) in [7, 11) is 0. The second-order valence-corrected chi connectivity index (χ2v) is 8.68. The number of ether oxygens (including phenoxy) is 3. The van der Waals surface area contributed by atoms with Crippen molar-refractivity contribution in [3.05, 3.63) is 35.7 Å². The molecule has 10 nitrogen and oxygen atoms in total. The first-order valence-corrected chi connectivity index (χ1v) is 11.0. The zero-order chi connectivity index (χ0) is 23.8. The Balaban J connectivity index is 1.74. The van der Waals surface area contributed by atoms with E-state index >= 15 is 0 Å². The molecule has 0 saturated carbocycles. The van der Waals surface area contributed by atoms with E-state index in [0.29, 0.717) is 29.6 Å². The number of hydrogen-bond acceptors (Lipinski definition) is 7. The third kappa shape index (κ3) is 4.12. The molecule has 176 valence electrons. The SMILES string of the molecule is CCOC(=O)c1cc2n(n1)C[C@@](C)(C(=O)NCCC(C)C)N(c1ccc3c(c1)OCO3)C2=O. The topological polar surface area (TPSA) is 112 Å². The molecule has 2 aromatic rings. The second kappa shape index (κ2) is 8.76. The highest BCUT2D eigenvalue weighted by molar-refractivity contribution is 6.12. The average molecular weight is 456 g/mol. The van der Waals surface area contributed by atoms with Gasteiger partial charge in [0.05, 0.1) is 13.2 Å². The van der Waals surface area contributed by atoms with Crippen molar-refractivity contribution in [1.29, 1.82) is 0 Å². The zero-order valence-electron chi connectivity index (χ0n) is 19.2. The number of hydrogen-bond donors (Lipinski definition) is 1. The van der Waals surface area contributed by atoms with Gasteiger partial charge in [0.15, 0.2) is 17.2 Å². The Morgan fingerprint density at radius 3 is 2.73 bits per heavy atom. The van der Waals surface area contributed by atoms with E-state index in [4.69, 9.17) is 14.2 Å². The highest BCUT2D eigenvalue weighted by atomic mass is 16.7. The summed E-state index contributed by atoms with van der Waals surface area (Å²) in [5.41, 5.74) is -0.596. The molecule has 3 heterocycles. The van der Waals surface area contributed by atoms with E-state index in [2.05, 4.69) is 24.3 Å². The quantitative estimate of drug-likeness (QED) is 0.637. The van der Waals surface area contributed by atoms with Crippen LogP contribution in [0.15, 0.2) is 24.3 Å². The lowest BCUT2D eigenvalue weighted by Crippen LogP contribution is -2.64. The summed E-state index contributed by atoms with van der Waals surface area (Å²) in [6, 6.07) is 6.50. The van der Waals surface area contributed by atoms with E-state index < -0.39 is 17.4 Å². The van der Waals surface area contributed by atoms with Crippen molar-refractivity contribution in [3.63, 3.8) is 0 Å². The lowest BCUT2D eigenvalue weighted by molar-refractivity contribution is -0.126. The van der Waals surface area contributed by atoms with Crippen molar-refractivity contribution < 1.29 is 28.6 Å². The summed E-state index contributed by atoms with van der Waals surface area (Å²) in [6.07, 6.45) is 0.805. The van der Waals surface area contributed by atoms with Crippen molar-refractivity contribution in [3.8, 4) is 11.5 Å². The number of nitrogens with zero attached hydrogens (tertiary/aromatic N) is 3. The largest absolute Gasteiger partial charge is 0.461 e. The first-order valence-electron chi connectivity index (χ1n) is 11.0. The Morgan fingerprint density at radius 1 is 1.24 bits per heavy atom. The van der Waals surface area contributed by atoms with Crippen molar-refractivity contribution in [2.75, 3.05) is 24.8 Å². The fourth-order valence-corrected chi connectivity index (χ4v) is 3.98. The van der Waals surface area contributed by atoms with Gasteiger partial charge in [0.1, 0.15) is 11.2 Å². The fraction of sp³-hybridized carbons (Fsp3) is 0.478. The summed E-state index contributed by atoms with van der Waals surface area (Å²) in [4.78, 5) is 40.8. The molecule has 10 heteroatoms. The number of carbonyl (C=O) groups excluding carboxylic acids is 3. The molecule has 0 radical (unpaired) electrons. The van der Waals surface area contributed by atoms with E-state index in [1.165, 1.54) is 15.6 Å². The number of aromatic nitrogens is 2. The molecule has 0 unspecified atom stereocenters. The molecule has 0 spiro atoms. The Kier molecular flexibility index (Phi) is 6.01. The maximum Gasteiger partial charge on any atom is 0.358 e. The van der Waals surface area contributed by atoms with Gasteiger partial charge in [-0.1, -0.05) is 13.8 Å². The van der Waals surface area contributed by atoms with Crippen LogP contribution in [0.5, 0.6) is 11.5 Å². The Hall–Kier alpha value is -3.56. The molecule has 1 aromatic heterocycles. The van der Waals surface area contributed by atoms with E-state index in [0.717, 1.165) is 6.42 Å². The molecule has 1 N–H and O–H groups in total. The Bertz CT molecular complexity index is 1090. The third-order valence-electron chi connectivity index (χ3n) is 5.75. The molecule has 2 amide bonds. The van der Waals surface area contributed by atoms with Crippen molar-refractivity contribution in [2.24, 2.45) is 5.92 Å². The van der Waals surface area contributed by atoms with Gasteiger partial charge in [-0.05, 0) is 38.3 Å². The zero-order valence-corrected chi connectivity index (χ0v) is 19.2. The number of amides is 2. The number of benzene rings is 1. The Labute approximate surface area is 191 Å². The normalized spacial score (nSPS) is 18.9. The molecule has 1 atom stereocenters. The monoisotopic (exact) mass is 456 g/mol. The first kappa shape index (κ1) is 22.6. The first-order chi connectivity index (χ1) is 15.7. The molecule has 0 bridgehead atoms. The van der Waals surface area contributed by atoms with Crippen LogP contribution in [-0.2, 0) is 16.1 Å². The van der Waals surface area contributed by atoms with Gasteiger partial charge in [-0.3, -0.25) is 19.2 Å². The summed E-state index contributed by atoms with van der Waals surface area (Å²) >= 11 is 0. The third-order valence-corrected chi connectivity index (χ3v) is 5.75. The second-order valence-electron chi connectivity index (χ2n) is 8.68. The lowest BCUT2D eigenvalue weighted by atomic mass is 9.93. The number of esters is 1. The van der Waals surface area contributed by atoms with Crippen LogP contribution in [0.2, 0.25) is 0 Å². The van der Waals surface area contributed by atoms with Gasteiger partial charge in [-0.15, -0.1) is 0 Å². The number of rotatable bonds is 7. The predicted octanol–water partition coefficient (Wildman–Crippen LogP) is 2.37. The predicted molar refractivity (Wildman–Crippen MR) is 118 cm³/mol. The summed E-state index contributed by atoms with van der Waals surface area (Å²) in [5.74, 6) is 0.0959. The maximum absolute atomic E-state index is 13.7. The van der Waals surface area contributed by atoms with Gasteiger partial charge in [0, 0.05) is 24.4 Å². The van der Waals surface area contributed by atoms with Crippen LogP contribution in [0.4, 0.5) is 5.69 Å². The fourth-order valence-electron chi connectivity index (χ4n) is 3.98. The van der Waals surface area contributed by atoms with Gasteiger partial charge in [0.25, 0.3) is 5.91 Å². The van der Waals surface area contributed by atoms with Crippen LogP contribution in [-0.4, -0.2) is 53.0 Å². The smallest absolute Gasteiger partial charge is 0.358 e. The van der Waals surface area contributed by atoms with Gasteiger partial charge < -0.3 is 19.5 Å². The Morgan fingerprint density at radius 2 is 2.00 bits per heavy atom. The molecule has 0 saturated heterocycles. The van der Waals surface area contributed by atoms with Gasteiger partial charge >= 0.3 is 5.97 Å². The van der Waals surface area contributed by atoms with Crippen molar-refractivity contribution in [1.82, 2.24) is 15.1 Å². The number of carbonyl (C=O) groups is 3. The standard InChI is InChI=1S/C23H28N4O6/c1-5-31-21(29)16-11-17-20(28)27(15-6-7-18-19(10-15)33-13-32-18)23(4,12-26(17)25-16)22(30)24-9-8-14(2)3/h6-7,10-11,14H,5,8-9,12-13H2,1-4H3,(H,24,30)/t23-/m0/s1. The summed E-state index contributed by atoms with van der Waals surface area (Å²) in [6.45, 7) is 8.36. The number of nitrogens with one attached hydrogen (secondary N) is 1. The minimum atomic E-state index is -1.30. The molecule has 1 aromatic carbocycles. The van der Waals surface area contributed by atoms with Gasteiger partial charge in [-0.2, -0.15) is 5.10 Å². The van der Waals surface area contributed by atoms with Crippen LogP contribution >= 0.6 is 0 Å². The highest BCUT2D eigenvalue weighted by Crippen LogP contribution is 2.39. The van der Waals surface area contributed by atoms with Crippen molar-refractivity contribution >= 4 is 23.5 Å². The molecule has 0 fully saturated rings. The van der Waals surface area contributed by atoms with E-state index in [9.17, 15) is 14.4 Å². The summed E-state index contributed by atoms with van der Waals surface area (Å²) < 4.78 is 17.3. The molecule has 2 aliphatic rings. The minimum absolute atomic E-state index is 0.0234. The van der Waals surface area contributed by atoms with E-state index in [-0.39, 0.29) is 37.2 Å². The number of fused-ring (bicyclic) bond motifs is 2. The molecule has 4 rings (SSSR count). The minimum Gasteiger partial charge on any atom is -0.461 e. The van der Waals surface area contributed by atoms with Crippen molar-refractivity contribution in [2.45, 2.75) is 46.2 Å². The average Bonchev–Trinajstić information content (AvgIpc) is 3.40. The van der Waals surface area contributed by atoms with E-state index in [1.807, 2.05) is 0 Å². The summed E-state index contributed by atoms with van der Waals surface area (Å²) in [5, 5.41) is 7.22. The molecular weight excluding hydrogens is 428 g/mol. The lowest BCUT2D eigenvalue weighted by Gasteiger charge is -2.43. The molecule has 33 heavy (non-hydrogen) atoms. The van der Waals surface area contributed by atoms with Crippen LogP contribution in [0.1, 0.15) is 55.1 Å². The van der Waals surface area contributed by atoms with Gasteiger partial charge in [-0.25, -0.2) is 4.79 Å². The maximum atomic E-state index is 13.7. The van der Waals surface area contributed by atoms with Crippen LogP contribution in [0, 0.1) is 5.92 Å². The van der Waals surface area contributed by atoms with E-state index in [1.54, 1.807) is 32.0 Å². The van der Waals surface area contributed by atoms with Crippen LogP contribution < -0.4 is 19.7 Å².